The highest BCUT2D eigenvalue weighted by Gasteiger charge is 2.22. The van der Waals surface area contributed by atoms with Crippen molar-refractivity contribution in [3.05, 3.63) is 82.7 Å². The zero-order chi connectivity index (χ0) is 31.4. The van der Waals surface area contributed by atoms with Gasteiger partial charge in [0.2, 0.25) is 11.8 Å². The van der Waals surface area contributed by atoms with Crippen molar-refractivity contribution in [1.82, 2.24) is 14.7 Å². The van der Waals surface area contributed by atoms with Crippen LogP contribution in [0.1, 0.15) is 6.92 Å². The number of carbonyl (C=O) groups excluding carboxylic acids is 1. The second kappa shape index (κ2) is 13.0. The Morgan fingerprint density at radius 3 is 2.51 bits per heavy atom. The molecule has 1 heterocycles. The van der Waals surface area contributed by atoms with E-state index in [0.29, 0.717) is 16.8 Å². The first-order chi connectivity index (χ1) is 20.3. The molecule has 1 atom stereocenters. The van der Waals surface area contributed by atoms with Crippen LogP contribution in [0.5, 0.6) is 5.88 Å². The molecule has 0 saturated carbocycles. The Bertz CT molecular complexity index is 1910. The van der Waals surface area contributed by atoms with Gasteiger partial charge in [-0.3, -0.25) is 4.72 Å². The van der Waals surface area contributed by atoms with Crippen LogP contribution in [0.2, 0.25) is 10.0 Å². The van der Waals surface area contributed by atoms with E-state index in [1.54, 1.807) is 19.1 Å². The van der Waals surface area contributed by atoms with Crippen molar-refractivity contribution in [1.29, 1.82) is 0 Å². The SMILES string of the molecule is C=S(=O)(NC(=O)OCC)c1cccc(Nc2ncc(-c3ccc(NS(=O)(=O)c4cccc(Cl)c4Cl)c(F)c3)c(OC)n2)c1. The van der Waals surface area contributed by atoms with Gasteiger partial charge < -0.3 is 14.8 Å². The van der Waals surface area contributed by atoms with Gasteiger partial charge in [0.25, 0.3) is 10.0 Å². The fourth-order valence-corrected chi connectivity index (χ4v) is 6.59. The molecule has 3 aromatic carbocycles. The molecule has 43 heavy (non-hydrogen) atoms. The summed E-state index contributed by atoms with van der Waals surface area (Å²) in [5, 5.41) is 2.79. The van der Waals surface area contributed by atoms with Crippen molar-refractivity contribution in [2.24, 2.45) is 0 Å². The fourth-order valence-electron chi connectivity index (χ4n) is 3.70. The van der Waals surface area contributed by atoms with E-state index in [2.05, 4.69) is 30.6 Å². The van der Waals surface area contributed by atoms with Gasteiger partial charge in [0.15, 0.2) is 0 Å². The lowest BCUT2D eigenvalue weighted by Crippen LogP contribution is -2.31. The van der Waals surface area contributed by atoms with Crippen LogP contribution in [-0.2, 0) is 24.5 Å². The van der Waals surface area contributed by atoms with Crippen LogP contribution >= 0.6 is 23.2 Å². The highest BCUT2D eigenvalue weighted by atomic mass is 35.5. The van der Waals surface area contributed by atoms with Crippen molar-refractivity contribution >= 4 is 72.2 Å². The van der Waals surface area contributed by atoms with E-state index < -0.39 is 31.6 Å². The van der Waals surface area contributed by atoms with Gasteiger partial charge in [0.05, 0.1) is 49.6 Å². The van der Waals surface area contributed by atoms with Gasteiger partial charge >= 0.3 is 6.09 Å². The number of halogens is 3. The lowest BCUT2D eigenvalue weighted by molar-refractivity contribution is 0.159. The molecule has 0 radical (unpaired) electrons. The molecule has 226 valence electrons. The molecule has 0 aliphatic rings. The van der Waals surface area contributed by atoms with E-state index in [0.717, 1.165) is 6.07 Å². The maximum Gasteiger partial charge on any atom is 0.418 e. The van der Waals surface area contributed by atoms with E-state index in [9.17, 15) is 17.4 Å². The Balaban J connectivity index is 1.56. The molecule has 1 aromatic heterocycles. The van der Waals surface area contributed by atoms with Crippen LogP contribution in [-0.4, -0.2) is 48.3 Å². The Morgan fingerprint density at radius 2 is 1.81 bits per heavy atom. The summed E-state index contributed by atoms with van der Waals surface area (Å²) in [4.78, 5) is 20.2. The third-order valence-corrected chi connectivity index (χ3v) is 9.52. The van der Waals surface area contributed by atoms with E-state index >= 15 is 4.39 Å². The fraction of sp³-hybridized carbons (Fsp3) is 0.111. The van der Waals surface area contributed by atoms with Crippen molar-refractivity contribution in [3.8, 4) is 17.0 Å². The molecule has 3 N–H and O–H groups in total. The highest BCUT2D eigenvalue weighted by Crippen LogP contribution is 2.34. The Morgan fingerprint density at radius 1 is 1.07 bits per heavy atom. The van der Waals surface area contributed by atoms with Gasteiger partial charge in [-0.05, 0) is 60.8 Å². The summed E-state index contributed by atoms with van der Waals surface area (Å²) >= 11 is 11.9. The molecule has 0 aliphatic carbocycles. The molecule has 4 aromatic rings. The summed E-state index contributed by atoms with van der Waals surface area (Å²) in [6.45, 7) is 1.72. The predicted octanol–water partition coefficient (Wildman–Crippen LogP) is 5.88. The Hall–Kier alpha value is -4.11. The predicted molar refractivity (Wildman–Crippen MR) is 165 cm³/mol. The highest BCUT2D eigenvalue weighted by molar-refractivity contribution is 7.99. The minimum atomic E-state index is -4.25. The number of carbonyl (C=O) groups is 1. The van der Waals surface area contributed by atoms with Crippen molar-refractivity contribution < 1.29 is 31.3 Å². The van der Waals surface area contributed by atoms with Crippen molar-refractivity contribution in [2.45, 2.75) is 16.7 Å². The normalized spacial score (nSPS) is 12.6. The first-order valence-electron chi connectivity index (χ1n) is 12.2. The first kappa shape index (κ1) is 31.8. The van der Waals surface area contributed by atoms with Gasteiger partial charge in [0.1, 0.15) is 10.7 Å². The zero-order valence-corrected chi connectivity index (χ0v) is 25.7. The van der Waals surface area contributed by atoms with E-state index in [1.165, 1.54) is 55.8 Å². The van der Waals surface area contributed by atoms with Gasteiger partial charge in [-0.15, -0.1) is 0 Å². The average Bonchev–Trinajstić information content (AvgIpc) is 2.95. The van der Waals surface area contributed by atoms with Gasteiger partial charge in [-0.1, -0.05) is 41.4 Å². The van der Waals surface area contributed by atoms with E-state index in [-0.39, 0.29) is 44.0 Å². The summed E-state index contributed by atoms with van der Waals surface area (Å²) in [7, 11) is -6.10. The third kappa shape index (κ3) is 7.46. The van der Waals surface area contributed by atoms with Crippen LogP contribution in [0.4, 0.5) is 26.5 Å². The van der Waals surface area contributed by atoms with Crippen molar-refractivity contribution in [2.75, 3.05) is 23.8 Å². The number of nitrogens with zero attached hydrogens (tertiary/aromatic N) is 2. The maximum absolute atomic E-state index is 15.1. The summed E-state index contributed by atoms with van der Waals surface area (Å²) in [5.74, 6) is 2.89. The third-order valence-electron chi connectivity index (χ3n) is 5.67. The largest absolute Gasteiger partial charge is 0.480 e. The quantitative estimate of drug-likeness (QED) is 0.176. The maximum atomic E-state index is 15.1. The molecular formula is C27H24Cl2FN5O6S2. The smallest absolute Gasteiger partial charge is 0.418 e. The minimum absolute atomic E-state index is 0.0334. The Kier molecular flexibility index (Phi) is 9.65. The average molecular weight is 669 g/mol. The molecule has 0 fully saturated rings. The number of anilines is 3. The number of hydrogen-bond acceptors (Lipinski definition) is 9. The number of methoxy groups -OCH3 is 1. The molecule has 0 aliphatic heterocycles. The summed E-state index contributed by atoms with van der Waals surface area (Å²) in [6, 6.07) is 14.1. The lowest BCUT2D eigenvalue weighted by Gasteiger charge is -2.14. The van der Waals surface area contributed by atoms with Gasteiger partial charge in [-0.2, -0.15) is 4.98 Å². The standard InChI is InChI=1S/C27H24Cl2FN5O6S2/c1-4-41-27(36)35-42(3,37)18-8-5-7-17(14-18)32-26-31-15-19(25(33-26)40-2)16-11-12-22(21(30)13-16)34-43(38,39)23-10-6-9-20(28)24(23)29/h5-15,34H,3-4H2,1-2H3,(H,31,32,33)(H,35,36,37). The number of amides is 1. The lowest BCUT2D eigenvalue weighted by atomic mass is 10.1. The van der Waals surface area contributed by atoms with Gasteiger partial charge in [0, 0.05) is 11.9 Å². The summed E-state index contributed by atoms with van der Waals surface area (Å²) in [5.41, 5.74) is 0.718. The molecule has 1 amide bonds. The van der Waals surface area contributed by atoms with Crippen LogP contribution < -0.4 is 19.5 Å². The second-order valence-electron chi connectivity index (χ2n) is 8.62. The number of nitrogens with one attached hydrogen (secondary N) is 3. The molecular weight excluding hydrogens is 644 g/mol. The van der Waals surface area contributed by atoms with E-state index in [1.807, 2.05) is 0 Å². The van der Waals surface area contributed by atoms with Crippen LogP contribution in [0.3, 0.4) is 0 Å². The molecule has 0 bridgehead atoms. The topological polar surface area (TPSA) is 149 Å². The summed E-state index contributed by atoms with van der Waals surface area (Å²) < 4.78 is 68.2. The Labute approximate surface area is 257 Å². The van der Waals surface area contributed by atoms with Crippen molar-refractivity contribution in [3.63, 3.8) is 0 Å². The molecule has 11 nitrogen and oxygen atoms in total. The zero-order valence-electron chi connectivity index (χ0n) is 22.6. The number of ether oxygens (including phenoxy) is 2. The van der Waals surface area contributed by atoms with E-state index in [4.69, 9.17) is 32.7 Å². The molecule has 4 rings (SSSR count). The van der Waals surface area contributed by atoms with Crippen LogP contribution in [0.15, 0.2) is 76.7 Å². The summed E-state index contributed by atoms with van der Waals surface area (Å²) in [6.07, 6.45) is 0.520. The molecule has 16 heteroatoms. The molecule has 1 unspecified atom stereocenters. The second-order valence-corrected chi connectivity index (χ2v) is 13.1. The number of rotatable bonds is 10. The number of hydrogen-bond donors (Lipinski definition) is 3. The van der Waals surface area contributed by atoms with Crippen LogP contribution in [0, 0.1) is 5.82 Å². The molecule has 0 spiro atoms. The monoisotopic (exact) mass is 667 g/mol. The minimum Gasteiger partial charge on any atom is -0.480 e. The molecule has 0 saturated heterocycles. The van der Waals surface area contributed by atoms with Crippen LogP contribution in [0.25, 0.3) is 11.1 Å². The number of benzene rings is 3. The number of sulfonamides is 1. The van der Waals surface area contributed by atoms with Gasteiger partial charge in [-0.25, -0.2) is 31.5 Å². The first-order valence-corrected chi connectivity index (χ1v) is 16.2. The number of aromatic nitrogens is 2.